The van der Waals surface area contributed by atoms with Crippen molar-refractivity contribution in [1.29, 1.82) is 0 Å². The van der Waals surface area contributed by atoms with Crippen LogP contribution in [0.2, 0.25) is 0 Å². The number of nitrogens with zero attached hydrogens (tertiary/aromatic N) is 1. The highest BCUT2D eigenvalue weighted by atomic mass is 16.3. The smallest absolute Gasteiger partial charge is 0.135 e. The van der Waals surface area contributed by atoms with Crippen LogP contribution in [0.3, 0.4) is 0 Å². The Kier molecular flexibility index (Phi) is 7.53. The molecule has 0 saturated carbocycles. The monoisotopic (exact) mass is 713 g/mol. The highest BCUT2D eigenvalue weighted by Gasteiger charge is 2.16. The fourth-order valence-corrected chi connectivity index (χ4v) is 8.34. The van der Waals surface area contributed by atoms with Gasteiger partial charge in [0.15, 0.2) is 0 Å². The molecule has 0 aliphatic carbocycles. The zero-order valence-electron chi connectivity index (χ0n) is 30.6. The van der Waals surface area contributed by atoms with E-state index >= 15 is 0 Å². The molecule has 0 radical (unpaired) electrons. The normalized spacial score (nSPS) is 11.6. The minimum absolute atomic E-state index is 0.902. The second-order valence-corrected chi connectivity index (χ2v) is 14.6. The van der Waals surface area contributed by atoms with Gasteiger partial charge in [-0.3, -0.25) is 0 Å². The third kappa shape index (κ3) is 5.59. The number of hydrogen-bond donors (Lipinski definition) is 0. The molecule has 0 atom stereocenters. The molecule has 11 rings (SSSR count). The highest BCUT2D eigenvalue weighted by molar-refractivity contribution is 6.09. The SMILES string of the molecule is c1cc(-c2ccc3oc4ccccc4c3c2)cc(N(c2ccc(-c3ccc4ccccc4c3)cc2)c2ccc(-c3ccc4c(ccc5ccccc54)c3)cc2)c1. The Morgan fingerprint density at radius 2 is 0.768 bits per heavy atom. The molecule has 262 valence electrons. The van der Waals surface area contributed by atoms with Crippen molar-refractivity contribution in [2.24, 2.45) is 0 Å². The summed E-state index contributed by atoms with van der Waals surface area (Å²) in [5.74, 6) is 0. The summed E-state index contributed by atoms with van der Waals surface area (Å²) in [5.41, 5.74) is 12.2. The molecule has 0 saturated heterocycles. The lowest BCUT2D eigenvalue weighted by Crippen LogP contribution is -2.10. The zero-order valence-corrected chi connectivity index (χ0v) is 30.6. The minimum atomic E-state index is 0.902. The molecule has 0 bridgehead atoms. The van der Waals surface area contributed by atoms with Gasteiger partial charge >= 0.3 is 0 Å². The largest absolute Gasteiger partial charge is 0.456 e. The summed E-state index contributed by atoms with van der Waals surface area (Å²) in [6.07, 6.45) is 0. The fourth-order valence-electron chi connectivity index (χ4n) is 8.34. The summed E-state index contributed by atoms with van der Waals surface area (Å²) in [5, 5.41) is 9.83. The van der Waals surface area contributed by atoms with E-state index in [4.69, 9.17) is 4.42 Å². The molecule has 0 amide bonds. The second kappa shape index (κ2) is 13.2. The van der Waals surface area contributed by atoms with Crippen molar-refractivity contribution >= 4 is 71.3 Å². The molecule has 0 spiro atoms. The number of para-hydroxylation sites is 1. The van der Waals surface area contributed by atoms with E-state index in [9.17, 15) is 0 Å². The van der Waals surface area contributed by atoms with Crippen LogP contribution in [0.5, 0.6) is 0 Å². The van der Waals surface area contributed by atoms with E-state index in [-0.39, 0.29) is 0 Å². The first-order chi connectivity index (χ1) is 27.7. The first-order valence-corrected chi connectivity index (χ1v) is 19.2. The molecule has 2 heteroatoms. The lowest BCUT2D eigenvalue weighted by atomic mass is 9.97. The van der Waals surface area contributed by atoms with Gasteiger partial charge in [-0.25, -0.2) is 0 Å². The fraction of sp³-hybridized carbons (Fsp3) is 0. The van der Waals surface area contributed by atoms with Crippen LogP contribution < -0.4 is 4.90 Å². The van der Waals surface area contributed by atoms with Crippen LogP contribution in [0, 0.1) is 0 Å². The van der Waals surface area contributed by atoms with Crippen molar-refractivity contribution < 1.29 is 4.42 Å². The van der Waals surface area contributed by atoms with E-state index in [0.717, 1.165) is 50.1 Å². The van der Waals surface area contributed by atoms with E-state index in [1.807, 2.05) is 12.1 Å². The molecule has 1 aromatic heterocycles. The number of benzene rings is 10. The van der Waals surface area contributed by atoms with Gasteiger partial charge in [-0.2, -0.15) is 0 Å². The van der Waals surface area contributed by atoms with Gasteiger partial charge in [-0.15, -0.1) is 0 Å². The Bertz CT molecular complexity index is 3250. The van der Waals surface area contributed by atoms with Crippen LogP contribution in [-0.4, -0.2) is 0 Å². The molecule has 2 nitrogen and oxygen atoms in total. The van der Waals surface area contributed by atoms with Crippen molar-refractivity contribution in [3.63, 3.8) is 0 Å². The molecule has 0 unspecified atom stereocenters. The molecular formula is C54H35NO. The molecule has 10 aromatic carbocycles. The van der Waals surface area contributed by atoms with Crippen LogP contribution in [0.15, 0.2) is 217 Å². The quantitative estimate of drug-likeness (QED) is 0.160. The van der Waals surface area contributed by atoms with Crippen molar-refractivity contribution in [2.75, 3.05) is 4.90 Å². The third-order valence-corrected chi connectivity index (χ3v) is 11.2. The summed E-state index contributed by atoms with van der Waals surface area (Å²) < 4.78 is 6.15. The maximum absolute atomic E-state index is 6.15. The van der Waals surface area contributed by atoms with Crippen LogP contribution in [0.4, 0.5) is 17.1 Å². The molecular weight excluding hydrogens is 679 g/mol. The molecule has 0 aliphatic heterocycles. The predicted molar refractivity (Wildman–Crippen MR) is 237 cm³/mol. The van der Waals surface area contributed by atoms with E-state index in [0.29, 0.717) is 0 Å². The van der Waals surface area contributed by atoms with E-state index in [1.165, 1.54) is 54.6 Å². The Hall–Kier alpha value is -7.42. The van der Waals surface area contributed by atoms with Gasteiger partial charge in [0.2, 0.25) is 0 Å². The van der Waals surface area contributed by atoms with Gasteiger partial charge in [-0.05, 0) is 132 Å². The van der Waals surface area contributed by atoms with Gasteiger partial charge in [0, 0.05) is 27.8 Å². The van der Waals surface area contributed by atoms with Gasteiger partial charge in [0.25, 0.3) is 0 Å². The molecule has 0 aliphatic rings. The molecule has 0 fully saturated rings. The molecule has 0 N–H and O–H groups in total. The van der Waals surface area contributed by atoms with E-state index in [2.05, 4.69) is 205 Å². The first kappa shape index (κ1) is 32.0. The van der Waals surface area contributed by atoms with Crippen molar-refractivity contribution in [3.05, 3.63) is 212 Å². The standard InChI is InChI=1S/C54H35NO/c1-2-10-40-32-42(18-16-36(40)8-1)37-20-26-46(27-21-37)55(48-12-7-11-41(34-48)44-25-31-54-52(35-44)51-14-5-6-15-53(51)56-54)47-28-22-38(23-29-47)43-24-30-50-45(33-43)19-17-39-9-3-4-13-49(39)50/h1-35H. The summed E-state index contributed by atoms with van der Waals surface area (Å²) in [6, 6.07) is 76.7. The molecule has 56 heavy (non-hydrogen) atoms. The van der Waals surface area contributed by atoms with Crippen molar-refractivity contribution in [2.45, 2.75) is 0 Å². The maximum atomic E-state index is 6.15. The van der Waals surface area contributed by atoms with Gasteiger partial charge in [0.05, 0.1) is 0 Å². The predicted octanol–water partition coefficient (Wildman–Crippen LogP) is 15.5. The number of hydrogen-bond acceptors (Lipinski definition) is 2. The van der Waals surface area contributed by atoms with Crippen LogP contribution in [-0.2, 0) is 0 Å². The second-order valence-electron chi connectivity index (χ2n) is 14.6. The third-order valence-electron chi connectivity index (χ3n) is 11.2. The van der Waals surface area contributed by atoms with E-state index in [1.54, 1.807) is 0 Å². The molecule has 1 heterocycles. The zero-order chi connectivity index (χ0) is 37.0. The number of anilines is 3. The first-order valence-electron chi connectivity index (χ1n) is 19.2. The summed E-state index contributed by atoms with van der Waals surface area (Å²) in [4.78, 5) is 2.36. The lowest BCUT2D eigenvalue weighted by molar-refractivity contribution is 0.669. The molecule has 11 aromatic rings. The van der Waals surface area contributed by atoms with Crippen LogP contribution in [0.1, 0.15) is 0 Å². The summed E-state index contributed by atoms with van der Waals surface area (Å²) in [6.45, 7) is 0. The van der Waals surface area contributed by atoms with Crippen molar-refractivity contribution in [3.8, 4) is 33.4 Å². The Labute approximate surface area is 325 Å². The Balaban J connectivity index is 0.992. The Morgan fingerprint density at radius 1 is 0.250 bits per heavy atom. The maximum Gasteiger partial charge on any atom is 0.135 e. The average Bonchev–Trinajstić information content (AvgIpc) is 3.65. The summed E-state index contributed by atoms with van der Waals surface area (Å²) in [7, 11) is 0. The van der Waals surface area contributed by atoms with E-state index < -0.39 is 0 Å². The topological polar surface area (TPSA) is 16.4 Å². The van der Waals surface area contributed by atoms with Gasteiger partial charge in [0.1, 0.15) is 11.2 Å². The minimum Gasteiger partial charge on any atom is -0.456 e. The van der Waals surface area contributed by atoms with Crippen LogP contribution in [0.25, 0.3) is 87.6 Å². The summed E-state index contributed by atoms with van der Waals surface area (Å²) >= 11 is 0. The Morgan fingerprint density at radius 3 is 1.55 bits per heavy atom. The number of fused-ring (bicyclic) bond motifs is 7. The van der Waals surface area contributed by atoms with Crippen molar-refractivity contribution in [1.82, 2.24) is 0 Å². The number of furan rings is 1. The average molecular weight is 714 g/mol. The lowest BCUT2D eigenvalue weighted by Gasteiger charge is -2.26. The van der Waals surface area contributed by atoms with Gasteiger partial charge < -0.3 is 9.32 Å². The van der Waals surface area contributed by atoms with Crippen LogP contribution >= 0.6 is 0 Å². The number of rotatable bonds is 6. The van der Waals surface area contributed by atoms with Gasteiger partial charge in [-0.1, -0.05) is 146 Å². The highest BCUT2D eigenvalue weighted by Crippen LogP contribution is 2.40.